The van der Waals surface area contributed by atoms with Gasteiger partial charge < -0.3 is 15.0 Å². The van der Waals surface area contributed by atoms with Crippen molar-refractivity contribution in [1.82, 2.24) is 14.9 Å². The third kappa shape index (κ3) is 4.54. The van der Waals surface area contributed by atoms with Crippen LogP contribution in [-0.4, -0.2) is 41.0 Å². The molecular weight excluding hydrogens is 364 g/mol. The Hall–Kier alpha value is -3.41. The smallest absolute Gasteiger partial charge is 0.272 e. The molecule has 0 fully saturated rings. The van der Waals surface area contributed by atoms with Crippen molar-refractivity contribution in [3.05, 3.63) is 83.2 Å². The highest BCUT2D eigenvalue weighted by Crippen LogP contribution is 2.20. The number of carbonyl (C=O) groups excluding carboxylic acids is 1. The topological polar surface area (TPSA) is 67.3 Å². The lowest BCUT2D eigenvalue weighted by Gasteiger charge is -2.28. The highest BCUT2D eigenvalue weighted by atomic mass is 16.5. The van der Waals surface area contributed by atoms with Gasteiger partial charge in [0.05, 0.1) is 7.11 Å². The Labute approximate surface area is 170 Å². The fraction of sp³-hybridized carbons (Fsp3) is 0.261. The van der Waals surface area contributed by atoms with Crippen molar-refractivity contribution in [2.45, 2.75) is 19.4 Å². The van der Waals surface area contributed by atoms with Gasteiger partial charge in [0, 0.05) is 25.8 Å². The van der Waals surface area contributed by atoms with Crippen molar-refractivity contribution in [2.75, 3.05) is 25.5 Å². The highest BCUT2D eigenvalue weighted by molar-refractivity contribution is 5.92. The van der Waals surface area contributed by atoms with Crippen LogP contribution in [0.1, 0.15) is 27.2 Å². The second-order valence-corrected chi connectivity index (χ2v) is 7.04. The number of ether oxygens (including phenoxy) is 1. The number of nitrogens with zero attached hydrogens (tertiary/aromatic N) is 3. The van der Waals surface area contributed by atoms with Crippen LogP contribution in [0.5, 0.6) is 5.75 Å². The summed E-state index contributed by atoms with van der Waals surface area (Å²) in [6.45, 7) is 2.00. The predicted molar refractivity (Wildman–Crippen MR) is 112 cm³/mol. The molecule has 148 valence electrons. The first kappa shape index (κ1) is 18.9. The van der Waals surface area contributed by atoms with Gasteiger partial charge in [-0.1, -0.05) is 36.4 Å². The minimum Gasteiger partial charge on any atom is -0.497 e. The standard InChI is InChI=1S/C23H24N4O2/c1-29-20-8-4-5-17(15-20)9-12-24-23-25-13-10-21(26-23)22(28)27-14-11-18-6-2-3-7-19(18)16-27/h2-8,10,13,15H,9,11-12,14,16H2,1H3,(H,24,25,26). The Morgan fingerprint density at radius 2 is 2.00 bits per heavy atom. The molecule has 1 aromatic heterocycles. The summed E-state index contributed by atoms with van der Waals surface area (Å²) in [6, 6.07) is 17.9. The summed E-state index contributed by atoms with van der Waals surface area (Å²) < 4.78 is 5.25. The minimum atomic E-state index is -0.0576. The molecule has 1 N–H and O–H groups in total. The molecule has 0 bridgehead atoms. The summed E-state index contributed by atoms with van der Waals surface area (Å²) in [5, 5.41) is 3.21. The van der Waals surface area contributed by atoms with E-state index in [4.69, 9.17) is 4.74 Å². The highest BCUT2D eigenvalue weighted by Gasteiger charge is 2.22. The van der Waals surface area contributed by atoms with Gasteiger partial charge in [-0.25, -0.2) is 9.97 Å². The molecule has 1 amide bonds. The molecule has 0 atom stereocenters. The number of rotatable bonds is 6. The molecule has 0 radical (unpaired) electrons. The SMILES string of the molecule is COc1cccc(CCNc2nccc(C(=O)N3CCc4ccccc4C3)n2)c1. The van der Waals surface area contributed by atoms with Crippen LogP contribution >= 0.6 is 0 Å². The second-order valence-electron chi connectivity index (χ2n) is 7.04. The number of anilines is 1. The molecule has 0 spiro atoms. The maximum Gasteiger partial charge on any atom is 0.272 e. The zero-order valence-corrected chi connectivity index (χ0v) is 16.5. The molecule has 0 aliphatic carbocycles. The molecule has 1 aliphatic heterocycles. The van der Waals surface area contributed by atoms with E-state index in [9.17, 15) is 4.79 Å². The zero-order chi connectivity index (χ0) is 20.1. The Bertz CT molecular complexity index is 1010. The van der Waals surface area contributed by atoms with Crippen LogP contribution in [-0.2, 0) is 19.4 Å². The quantitative estimate of drug-likeness (QED) is 0.702. The van der Waals surface area contributed by atoms with Crippen molar-refractivity contribution in [3.8, 4) is 5.75 Å². The van der Waals surface area contributed by atoms with Gasteiger partial charge in [-0.15, -0.1) is 0 Å². The number of nitrogens with one attached hydrogen (secondary N) is 1. The van der Waals surface area contributed by atoms with Gasteiger partial charge in [0.2, 0.25) is 5.95 Å². The summed E-state index contributed by atoms with van der Waals surface area (Å²) in [4.78, 5) is 23.5. The first-order valence-corrected chi connectivity index (χ1v) is 9.79. The summed E-state index contributed by atoms with van der Waals surface area (Å²) in [5.41, 5.74) is 4.11. The number of hydrogen-bond acceptors (Lipinski definition) is 5. The normalized spacial score (nSPS) is 12.9. The average molecular weight is 388 g/mol. The van der Waals surface area contributed by atoms with Crippen LogP contribution in [0.25, 0.3) is 0 Å². The Morgan fingerprint density at radius 1 is 1.14 bits per heavy atom. The number of amides is 1. The largest absolute Gasteiger partial charge is 0.497 e. The molecule has 1 aliphatic rings. The lowest BCUT2D eigenvalue weighted by atomic mass is 10.00. The van der Waals surface area contributed by atoms with Gasteiger partial charge in [-0.3, -0.25) is 4.79 Å². The lowest BCUT2D eigenvalue weighted by molar-refractivity contribution is 0.0728. The van der Waals surface area contributed by atoms with E-state index in [0.29, 0.717) is 31.3 Å². The van der Waals surface area contributed by atoms with Crippen LogP contribution in [0.2, 0.25) is 0 Å². The number of benzene rings is 2. The van der Waals surface area contributed by atoms with E-state index in [-0.39, 0.29) is 5.91 Å². The molecule has 6 nitrogen and oxygen atoms in total. The molecule has 0 saturated heterocycles. The van der Waals surface area contributed by atoms with Crippen LogP contribution < -0.4 is 10.1 Å². The first-order valence-electron chi connectivity index (χ1n) is 9.79. The van der Waals surface area contributed by atoms with Crippen molar-refractivity contribution in [3.63, 3.8) is 0 Å². The van der Waals surface area contributed by atoms with Gasteiger partial charge in [0.15, 0.2) is 0 Å². The Morgan fingerprint density at radius 3 is 2.86 bits per heavy atom. The third-order valence-electron chi connectivity index (χ3n) is 5.12. The Kier molecular flexibility index (Phi) is 5.70. The number of aromatic nitrogens is 2. The van der Waals surface area contributed by atoms with Crippen molar-refractivity contribution < 1.29 is 9.53 Å². The molecule has 0 saturated carbocycles. The lowest BCUT2D eigenvalue weighted by Crippen LogP contribution is -2.36. The van der Waals surface area contributed by atoms with Gasteiger partial charge in [-0.05, 0) is 47.7 Å². The summed E-state index contributed by atoms with van der Waals surface area (Å²) in [5.74, 6) is 1.25. The van der Waals surface area contributed by atoms with Crippen molar-refractivity contribution in [2.24, 2.45) is 0 Å². The molecule has 2 heterocycles. The van der Waals surface area contributed by atoms with E-state index in [1.807, 2.05) is 35.2 Å². The first-order chi connectivity index (χ1) is 14.2. The maximum absolute atomic E-state index is 12.9. The van der Waals surface area contributed by atoms with E-state index in [2.05, 4.69) is 33.5 Å². The fourth-order valence-electron chi connectivity index (χ4n) is 3.54. The zero-order valence-electron chi connectivity index (χ0n) is 16.5. The fourth-order valence-corrected chi connectivity index (χ4v) is 3.54. The maximum atomic E-state index is 12.9. The second kappa shape index (κ2) is 8.73. The van der Waals surface area contributed by atoms with Crippen molar-refractivity contribution in [1.29, 1.82) is 0 Å². The van der Waals surface area contributed by atoms with Gasteiger partial charge in [0.1, 0.15) is 11.4 Å². The van der Waals surface area contributed by atoms with Gasteiger partial charge in [0.25, 0.3) is 5.91 Å². The summed E-state index contributed by atoms with van der Waals surface area (Å²) >= 11 is 0. The summed E-state index contributed by atoms with van der Waals surface area (Å²) in [6.07, 6.45) is 3.31. The molecule has 29 heavy (non-hydrogen) atoms. The minimum absolute atomic E-state index is 0.0576. The molecule has 4 rings (SSSR count). The van der Waals surface area contributed by atoms with Crippen LogP contribution in [0, 0.1) is 0 Å². The number of fused-ring (bicyclic) bond motifs is 1. The van der Waals surface area contributed by atoms with Crippen LogP contribution in [0.15, 0.2) is 60.8 Å². The summed E-state index contributed by atoms with van der Waals surface area (Å²) in [7, 11) is 1.66. The van der Waals surface area contributed by atoms with Crippen LogP contribution in [0.4, 0.5) is 5.95 Å². The monoisotopic (exact) mass is 388 g/mol. The molecule has 2 aromatic carbocycles. The van der Waals surface area contributed by atoms with E-state index in [1.165, 1.54) is 11.1 Å². The molecule has 0 unspecified atom stereocenters. The molecular formula is C23H24N4O2. The van der Waals surface area contributed by atoms with Gasteiger partial charge in [-0.2, -0.15) is 0 Å². The number of methoxy groups -OCH3 is 1. The van der Waals surface area contributed by atoms with Crippen LogP contribution in [0.3, 0.4) is 0 Å². The predicted octanol–water partition coefficient (Wildman–Crippen LogP) is 3.34. The number of carbonyl (C=O) groups is 1. The molecule has 3 aromatic rings. The third-order valence-corrected chi connectivity index (χ3v) is 5.12. The average Bonchev–Trinajstić information content (AvgIpc) is 2.78. The Balaban J connectivity index is 1.37. The van der Waals surface area contributed by atoms with E-state index in [1.54, 1.807) is 19.4 Å². The van der Waals surface area contributed by atoms with E-state index in [0.717, 1.165) is 24.2 Å². The molecule has 6 heteroatoms. The van der Waals surface area contributed by atoms with E-state index < -0.39 is 0 Å². The van der Waals surface area contributed by atoms with Gasteiger partial charge >= 0.3 is 0 Å². The number of hydrogen-bond donors (Lipinski definition) is 1. The van der Waals surface area contributed by atoms with Crippen molar-refractivity contribution >= 4 is 11.9 Å². The van der Waals surface area contributed by atoms with E-state index >= 15 is 0 Å².